The van der Waals surface area contributed by atoms with Crippen LogP contribution in [0.25, 0.3) is 0 Å². The molecule has 0 amide bonds. The zero-order valence-electron chi connectivity index (χ0n) is 20.8. The molecule has 3 heterocycles. The summed E-state index contributed by atoms with van der Waals surface area (Å²) in [5, 5.41) is 4.35. The molecule has 2 aromatic carbocycles. The van der Waals surface area contributed by atoms with Gasteiger partial charge in [0.2, 0.25) is 17.8 Å². The lowest BCUT2D eigenvalue weighted by atomic mass is 10.2. The summed E-state index contributed by atoms with van der Waals surface area (Å²) in [6.07, 6.45) is 3.93. The molecule has 0 aliphatic carbocycles. The molecule has 0 spiro atoms. The maximum Gasteiger partial charge on any atom is 0.250 e. The minimum Gasteiger partial charge on any atom is -0.493 e. The number of hydrogen-bond donors (Lipinski definition) is 1. The fraction of sp³-hybridized carbons (Fsp3) is 0.385. The number of morpholine rings is 1. The van der Waals surface area contributed by atoms with Gasteiger partial charge in [-0.15, -0.1) is 0 Å². The van der Waals surface area contributed by atoms with Gasteiger partial charge in [-0.3, -0.25) is 0 Å². The lowest BCUT2D eigenvalue weighted by Crippen LogP contribution is -2.38. The molecular formula is C26H30FN7O3. The lowest BCUT2D eigenvalue weighted by molar-refractivity contribution is 0.122. The minimum atomic E-state index is -0.277. The average Bonchev–Trinajstić information content (AvgIpc) is 3.49. The van der Waals surface area contributed by atoms with Crippen molar-refractivity contribution in [3.8, 4) is 11.5 Å². The predicted molar refractivity (Wildman–Crippen MR) is 139 cm³/mol. The molecule has 0 bridgehead atoms. The van der Waals surface area contributed by atoms with Gasteiger partial charge in [0.1, 0.15) is 12.4 Å². The number of hydrazone groups is 1. The molecule has 37 heavy (non-hydrogen) atoms. The highest BCUT2D eigenvalue weighted by molar-refractivity contribution is 5.81. The first-order valence-electron chi connectivity index (χ1n) is 12.4. The summed E-state index contributed by atoms with van der Waals surface area (Å²) < 4.78 is 29.9. The molecule has 0 radical (unpaired) electrons. The summed E-state index contributed by atoms with van der Waals surface area (Å²) in [5.41, 5.74) is 4.63. The Morgan fingerprint density at radius 3 is 2.35 bits per heavy atom. The summed E-state index contributed by atoms with van der Waals surface area (Å²) in [6, 6.07) is 11.7. The molecule has 2 saturated heterocycles. The van der Waals surface area contributed by atoms with Gasteiger partial charge >= 0.3 is 0 Å². The van der Waals surface area contributed by atoms with E-state index >= 15 is 0 Å². The van der Waals surface area contributed by atoms with Gasteiger partial charge in [-0.25, -0.2) is 9.82 Å². The minimum absolute atomic E-state index is 0.277. The van der Waals surface area contributed by atoms with Crippen LogP contribution in [0.5, 0.6) is 11.5 Å². The van der Waals surface area contributed by atoms with Crippen LogP contribution in [0, 0.1) is 5.82 Å². The second-order valence-corrected chi connectivity index (χ2v) is 8.75. The zero-order chi connectivity index (χ0) is 25.5. The molecule has 2 aliphatic rings. The largest absolute Gasteiger partial charge is 0.493 e. The van der Waals surface area contributed by atoms with Crippen LogP contribution in [0.4, 0.5) is 22.2 Å². The highest BCUT2D eigenvalue weighted by atomic mass is 19.1. The van der Waals surface area contributed by atoms with E-state index in [0.717, 1.165) is 50.1 Å². The first-order valence-corrected chi connectivity index (χ1v) is 12.4. The number of nitrogens with one attached hydrogen (secondary N) is 1. The van der Waals surface area contributed by atoms with E-state index in [2.05, 4.69) is 30.3 Å². The van der Waals surface area contributed by atoms with Crippen molar-refractivity contribution >= 4 is 24.1 Å². The van der Waals surface area contributed by atoms with Crippen molar-refractivity contribution in [1.29, 1.82) is 0 Å². The molecule has 0 unspecified atom stereocenters. The van der Waals surface area contributed by atoms with Gasteiger partial charge in [0, 0.05) is 26.2 Å². The highest BCUT2D eigenvalue weighted by Crippen LogP contribution is 2.28. The number of aromatic nitrogens is 3. The standard InChI is InChI=1S/C26H30FN7O3/c1-35-23-16-20(6-9-22(23)37-18-19-4-7-21(27)8-5-19)17-28-32-24-29-25(33-10-2-3-11-33)31-26(30-24)34-12-14-36-15-13-34/h4-9,16-17H,2-3,10-15,18H2,1H3,(H,29,30,31,32)/b28-17-. The van der Waals surface area contributed by atoms with E-state index in [1.807, 2.05) is 18.2 Å². The third-order valence-electron chi connectivity index (χ3n) is 6.17. The van der Waals surface area contributed by atoms with Crippen molar-refractivity contribution in [2.24, 2.45) is 5.10 Å². The Morgan fingerprint density at radius 2 is 1.65 bits per heavy atom. The average molecular weight is 508 g/mol. The first-order chi connectivity index (χ1) is 18.2. The topological polar surface area (TPSA) is 97.2 Å². The maximum atomic E-state index is 13.1. The molecule has 5 rings (SSSR count). The Kier molecular flexibility index (Phi) is 7.90. The second-order valence-electron chi connectivity index (χ2n) is 8.75. The molecule has 11 heteroatoms. The summed E-state index contributed by atoms with van der Waals surface area (Å²) in [6.45, 7) is 4.95. The van der Waals surface area contributed by atoms with Crippen molar-refractivity contribution in [3.63, 3.8) is 0 Å². The number of benzene rings is 2. The van der Waals surface area contributed by atoms with Gasteiger partial charge < -0.3 is 24.0 Å². The second kappa shape index (κ2) is 11.8. The molecule has 2 aliphatic heterocycles. The van der Waals surface area contributed by atoms with E-state index in [1.54, 1.807) is 25.5 Å². The smallest absolute Gasteiger partial charge is 0.250 e. The Hall–Kier alpha value is -3.99. The molecule has 194 valence electrons. The van der Waals surface area contributed by atoms with Crippen molar-refractivity contribution < 1.29 is 18.6 Å². The SMILES string of the molecule is COc1cc(/C=N\Nc2nc(N3CCCC3)nc(N3CCOCC3)n2)ccc1OCc1ccc(F)cc1. The number of nitrogens with zero attached hydrogens (tertiary/aromatic N) is 6. The number of anilines is 3. The highest BCUT2D eigenvalue weighted by Gasteiger charge is 2.21. The van der Waals surface area contributed by atoms with E-state index in [0.29, 0.717) is 49.2 Å². The molecule has 1 aromatic heterocycles. The fourth-order valence-corrected chi connectivity index (χ4v) is 4.16. The lowest BCUT2D eigenvalue weighted by Gasteiger charge is -2.27. The summed E-state index contributed by atoms with van der Waals surface area (Å²) in [4.78, 5) is 18.2. The monoisotopic (exact) mass is 507 g/mol. The van der Waals surface area contributed by atoms with Crippen molar-refractivity contribution in [2.75, 3.05) is 61.7 Å². The molecule has 3 aromatic rings. The Bertz CT molecular complexity index is 1210. The van der Waals surface area contributed by atoms with Crippen LogP contribution in [-0.2, 0) is 11.3 Å². The van der Waals surface area contributed by atoms with Gasteiger partial charge in [-0.05, 0) is 54.3 Å². The number of methoxy groups -OCH3 is 1. The normalized spacial score (nSPS) is 15.8. The Morgan fingerprint density at radius 1 is 0.946 bits per heavy atom. The first kappa shape index (κ1) is 24.7. The van der Waals surface area contributed by atoms with E-state index < -0.39 is 0 Å². The number of ether oxygens (including phenoxy) is 3. The van der Waals surface area contributed by atoms with Crippen LogP contribution in [0.2, 0.25) is 0 Å². The van der Waals surface area contributed by atoms with Gasteiger partial charge in [0.15, 0.2) is 11.5 Å². The van der Waals surface area contributed by atoms with E-state index in [4.69, 9.17) is 19.2 Å². The fourth-order valence-electron chi connectivity index (χ4n) is 4.16. The van der Waals surface area contributed by atoms with E-state index in [1.165, 1.54) is 12.1 Å². The Balaban J connectivity index is 1.27. The summed E-state index contributed by atoms with van der Waals surface area (Å²) in [7, 11) is 1.58. The molecule has 1 N–H and O–H groups in total. The third-order valence-corrected chi connectivity index (χ3v) is 6.17. The van der Waals surface area contributed by atoms with Gasteiger partial charge in [-0.2, -0.15) is 20.1 Å². The van der Waals surface area contributed by atoms with Crippen LogP contribution in [0.3, 0.4) is 0 Å². The number of halogens is 1. The molecule has 2 fully saturated rings. The zero-order valence-corrected chi connectivity index (χ0v) is 20.8. The third kappa shape index (κ3) is 6.42. The van der Waals surface area contributed by atoms with Crippen LogP contribution in [-0.4, -0.2) is 67.7 Å². The van der Waals surface area contributed by atoms with E-state index in [-0.39, 0.29) is 5.82 Å². The summed E-state index contributed by atoms with van der Waals surface area (Å²) in [5.74, 6) is 2.55. The molecule has 0 saturated carbocycles. The molecular weight excluding hydrogens is 477 g/mol. The maximum absolute atomic E-state index is 13.1. The van der Waals surface area contributed by atoms with Gasteiger partial charge in [0.25, 0.3) is 0 Å². The van der Waals surface area contributed by atoms with Crippen LogP contribution in [0.15, 0.2) is 47.6 Å². The van der Waals surface area contributed by atoms with Gasteiger partial charge in [-0.1, -0.05) is 12.1 Å². The van der Waals surface area contributed by atoms with Gasteiger partial charge in [0.05, 0.1) is 26.5 Å². The van der Waals surface area contributed by atoms with Crippen LogP contribution < -0.4 is 24.7 Å². The van der Waals surface area contributed by atoms with Crippen LogP contribution in [0.1, 0.15) is 24.0 Å². The quantitative estimate of drug-likeness (QED) is 0.345. The van der Waals surface area contributed by atoms with Crippen molar-refractivity contribution in [2.45, 2.75) is 19.4 Å². The number of rotatable bonds is 9. The summed E-state index contributed by atoms with van der Waals surface area (Å²) >= 11 is 0. The molecule has 0 atom stereocenters. The van der Waals surface area contributed by atoms with Crippen molar-refractivity contribution in [1.82, 2.24) is 15.0 Å². The Labute approximate surface area is 215 Å². The van der Waals surface area contributed by atoms with Crippen LogP contribution >= 0.6 is 0 Å². The number of hydrogen-bond acceptors (Lipinski definition) is 10. The predicted octanol–water partition coefficient (Wildman–Crippen LogP) is 3.48. The van der Waals surface area contributed by atoms with Crippen molar-refractivity contribution in [3.05, 3.63) is 59.4 Å². The van der Waals surface area contributed by atoms with E-state index in [9.17, 15) is 4.39 Å². The molecule has 10 nitrogen and oxygen atoms in total.